The minimum atomic E-state index is -0.454. The summed E-state index contributed by atoms with van der Waals surface area (Å²) in [6, 6.07) is -0.454. The van der Waals surface area contributed by atoms with E-state index in [0.717, 1.165) is 37.4 Å². The first-order valence-electron chi connectivity index (χ1n) is 9.71. The van der Waals surface area contributed by atoms with Gasteiger partial charge in [0.1, 0.15) is 0 Å². The summed E-state index contributed by atoms with van der Waals surface area (Å²) in [5.74, 6) is 2.18. The third-order valence-electron chi connectivity index (χ3n) is 5.34. The van der Waals surface area contributed by atoms with Crippen LogP contribution in [-0.2, 0) is 14.4 Å². The minimum Gasteiger partial charge on any atom is -0.347 e. The molecule has 2 aliphatic carbocycles. The van der Waals surface area contributed by atoms with Crippen LogP contribution in [0.25, 0.3) is 0 Å². The molecule has 0 heterocycles. The molecular weight excluding hydrogens is 336 g/mol. The van der Waals surface area contributed by atoms with E-state index >= 15 is 0 Å². The van der Waals surface area contributed by atoms with Gasteiger partial charge in [0.2, 0.25) is 11.8 Å². The average Bonchev–Trinajstić information content (AvgIpc) is 3.14. The smallest absolute Gasteiger partial charge is 0.240 e. The molecule has 0 bridgehead atoms. The second kappa shape index (κ2) is 10.8. The van der Waals surface area contributed by atoms with Crippen LogP contribution >= 0.6 is 11.8 Å². The molecule has 2 amide bonds. The first-order valence-corrected chi connectivity index (χ1v) is 10.9. The van der Waals surface area contributed by atoms with E-state index in [1.807, 2.05) is 0 Å². The summed E-state index contributed by atoms with van der Waals surface area (Å²) in [6.45, 7) is 1.48. The molecule has 6 heteroatoms. The quantitative estimate of drug-likeness (QED) is 0.656. The molecule has 1 atom stereocenters. The van der Waals surface area contributed by atoms with Crippen LogP contribution < -0.4 is 10.6 Å². The molecule has 0 radical (unpaired) electrons. The van der Waals surface area contributed by atoms with E-state index in [-0.39, 0.29) is 30.1 Å². The van der Waals surface area contributed by atoms with Crippen molar-refractivity contribution in [3.05, 3.63) is 0 Å². The van der Waals surface area contributed by atoms with Crippen molar-refractivity contribution in [1.29, 1.82) is 0 Å². The lowest BCUT2D eigenvalue weighted by molar-refractivity contribution is -0.129. The summed E-state index contributed by atoms with van der Waals surface area (Å²) >= 11 is 1.76. The lowest BCUT2D eigenvalue weighted by atomic mass is 9.91. The van der Waals surface area contributed by atoms with E-state index in [1.54, 1.807) is 11.8 Å². The highest BCUT2D eigenvalue weighted by atomic mass is 32.2. The zero-order valence-electron chi connectivity index (χ0n) is 15.4. The summed E-state index contributed by atoms with van der Waals surface area (Å²) in [5.41, 5.74) is 0. The fraction of sp³-hybridized carbons (Fsp3) is 0.842. The zero-order valence-corrected chi connectivity index (χ0v) is 16.2. The SMILES string of the molecule is CC(=O)[C@H](CSCC1CCCCC1)NC(=O)CNC(=O)C1CCCC1. The predicted molar refractivity (Wildman–Crippen MR) is 101 cm³/mol. The van der Waals surface area contributed by atoms with Crippen LogP contribution in [0.3, 0.4) is 0 Å². The molecule has 0 aromatic carbocycles. The number of carbonyl (C=O) groups is 3. The Bertz CT molecular complexity index is 458. The number of hydrogen-bond acceptors (Lipinski definition) is 4. The van der Waals surface area contributed by atoms with E-state index in [4.69, 9.17) is 0 Å². The molecule has 0 spiro atoms. The molecule has 0 aromatic rings. The molecule has 0 saturated heterocycles. The highest BCUT2D eigenvalue weighted by molar-refractivity contribution is 7.99. The highest BCUT2D eigenvalue weighted by Gasteiger charge is 2.24. The van der Waals surface area contributed by atoms with E-state index in [0.29, 0.717) is 5.75 Å². The number of Topliss-reactive ketones (excluding diaryl/α,β-unsaturated/α-hetero) is 1. The van der Waals surface area contributed by atoms with Crippen molar-refractivity contribution in [2.24, 2.45) is 11.8 Å². The Hall–Kier alpha value is -1.04. The first-order chi connectivity index (χ1) is 12.1. The Morgan fingerprint density at radius 3 is 2.28 bits per heavy atom. The number of rotatable bonds is 9. The van der Waals surface area contributed by atoms with Crippen LogP contribution in [0, 0.1) is 11.8 Å². The standard InChI is InChI=1S/C19H32N2O3S/c1-14(22)17(13-25-12-15-7-3-2-4-8-15)21-18(23)11-20-19(24)16-9-5-6-10-16/h15-17H,2-13H2,1H3,(H,20,24)(H,21,23)/t17-/m0/s1. The van der Waals surface area contributed by atoms with Crippen LogP contribution in [0.1, 0.15) is 64.7 Å². The zero-order chi connectivity index (χ0) is 18.1. The van der Waals surface area contributed by atoms with Crippen LogP contribution in [0.15, 0.2) is 0 Å². The van der Waals surface area contributed by atoms with Gasteiger partial charge in [-0.25, -0.2) is 0 Å². The molecule has 2 N–H and O–H groups in total. The fourth-order valence-corrected chi connectivity index (χ4v) is 5.07. The molecule has 142 valence electrons. The number of thioether (sulfide) groups is 1. The predicted octanol–water partition coefficient (Wildman–Crippen LogP) is 2.68. The Morgan fingerprint density at radius 1 is 1.00 bits per heavy atom. The topological polar surface area (TPSA) is 75.3 Å². The summed E-state index contributed by atoms with van der Waals surface area (Å²) in [5, 5.41) is 5.48. The van der Waals surface area contributed by atoms with E-state index in [2.05, 4.69) is 10.6 Å². The maximum atomic E-state index is 12.1. The van der Waals surface area contributed by atoms with E-state index < -0.39 is 6.04 Å². The van der Waals surface area contributed by atoms with Crippen LogP contribution in [0.5, 0.6) is 0 Å². The molecule has 25 heavy (non-hydrogen) atoms. The van der Waals surface area contributed by atoms with Crippen LogP contribution in [-0.4, -0.2) is 41.7 Å². The second-order valence-corrected chi connectivity index (χ2v) is 8.55. The number of ketones is 1. The first kappa shape index (κ1) is 20.3. The highest BCUT2D eigenvalue weighted by Crippen LogP contribution is 2.27. The number of amides is 2. The third kappa shape index (κ3) is 7.38. The van der Waals surface area contributed by atoms with Gasteiger partial charge in [0, 0.05) is 11.7 Å². The summed E-state index contributed by atoms with van der Waals surface area (Å²) in [7, 11) is 0. The minimum absolute atomic E-state index is 0.0217. The van der Waals surface area contributed by atoms with Gasteiger partial charge in [0.25, 0.3) is 0 Å². The summed E-state index contributed by atoms with van der Waals surface area (Å²) in [4.78, 5) is 35.8. The molecule has 2 saturated carbocycles. The van der Waals surface area contributed by atoms with Gasteiger partial charge >= 0.3 is 0 Å². The maximum absolute atomic E-state index is 12.1. The number of nitrogens with one attached hydrogen (secondary N) is 2. The summed E-state index contributed by atoms with van der Waals surface area (Å²) in [6.07, 6.45) is 10.6. The fourth-order valence-electron chi connectivity index (χ4n) is 3.71. The molecular formula is C19H32N2O3S. The van der Waals surface area contributed by atoms with Crippen molar-refractivity contribution in [3.8, 4) is 0 Å². The van der Waals surface area contributed by atoms with Crippen molar-refractivity contribution in [2.75, 3.05) is 18.1 Å². The van der Waals surface area contributed by atoms with E-state index in [9.17, 15) is 14.4 Å². The number of carbonyl (C=O) groups excluding carboxylic acids is 3. The second-order valence-electron chi connectivity index (χ2n) is 7.47. The van der Waals surface area contributed by atoms with Crippen LogP contribution in [0.2, 0.25) is 0 Å². The van der Waals surface area contributed by atoms with Crippen LogP contribution in [0.4, 0.5) is 0 Å². The Labute approximate surface area is 155 Å². The molecule has 2 aliphatic rings. The van der Waals surface area contributed by atoms with Gasteiger partial charge in [-0.1, -0.05) is 32.1 Å². The molecule has 0 unspecified atom stereocenters. The largest absolute Gasteiger partial charge is 0.347 e. The number of hydrogen-bond donors (Lipinski definition) is 2. The van der Waals surface area contributed by atoms with Gasteiger partial charge in [0.15, 0.2) is 5.78 Å². The van der Waals surface area contributed by atoms with Gasteiger partial charge in [-0.2, -0.15) is 11.8 Å². The van der Waals surface area contributed by atoms with Crippen molar-refractivity contribution >= 4 is 29.4 Å². The monoisotopic (exact) mass is 368 g/mol. The Balaban J connectivity index is 1.65. The van der Waals surface area contributed by atoms with E-state index in [1.165, 1.54) is 39.0 Å². The molecule has 5 nitrogen and oxygen atoms in total. The van der Waals surface area contributed by atoms with Gasteiger partial charge < -0.3 is 10.6 Å². The maximum Gasteiger partial charge on any atom is 0.240 e. The molecule has 0 aromatic heterocycles. The Kier molecular flexibility index (Phi) is 8.79. The lowest BCUT2D eigenvalue weighted by Gasteiger charge is -2.22. The van der Waals surface area contributed by atoms with Crippen molar-refractivity contribution < 1.29 is 14.4 Å². The lowest BCUT2D eigenvalue weighted by Crippen LogP contribution is -2.46. The Morgan fingerprint density at radius 2 is 1.64 bits per heavy atom. The van der Waals surface area contributed by atoms with Crippen molar-refractivity contribution in [1.82, 2.24) is 10.6 Å². The molecule has 0 aliphatic heterocycles. The van der Waals surface area contributed by atoms with Crippen molar-refractivity contribution in [3.63, 3.8) is 0 Å². The van der Waals surface area contributed by atoms with Gasteiger partial charge in [-0.05, 0) is 44.3 Å². The summed E-state index contributed by atoms with van der Waals surface area (Å²) < 4.78 is 0. The average molecular weight is 369 g/mol. The third-order valence-corrected chi connectivity index (χ3v) is 6.61. The molecule has 2 fully saturated rings. The van der Waals surface area contributed by atoms with Gasteiger partial charge in [-0.3, -0.25) is 14.4 Å². The normalized spacial score (nSPS) is 20.2. The van der Waals surface area contributed by atoms with Crippen molar-refractivity contribution in [2.45, 2.75) is 70.8 Å². The van der Waals surface area contributed by atoms with Gasteiger partial charge in [0.05, 0.1) is 12.6 Å². The van der Waals surface area contributed by atoms with Gasteiger partial charge in [-0.15, -0.1) is 0 Å². The molecule has 2 rings (SSSR count).